The van der Waals surface area contributed by atoms with Crippen LogP contribution in [0.15, 0.2) is 35.8 Å². The molecule has 0 atom stereocenters. The van der Waals surface area contributed by atoms with Gasteiger partial charge in [-0.15, -0.1) is 0 Å². The van der Waals surface area contributed by atoms with Crippen molar-refractivity contribution in [3.63, 3.8) is 0 Å². The lowest BCUT2D eigenvalue weighted by Gasteiger charge is -1.97. The predicted octanol–water partition coefficient (Wildman–Crippen LogP) is 0.237. The first kappa shape index (κ1) is 8.36. The molecule has 0 spiro atoms. The summed E-state index contributed by atoms with van der Waals surface area (Å²) in [6.07, 6.45) is 4.68. The maximum Gasteiger partial charge on any atom is 0.247 e. The van der Waals surface area contributed by atoms with E-state index >= 15 is 0 Å². The number of H-pyrrole nitrogens is 1. The van der Waals surface area contributed by atoms with Crippen molar-refractivity contribution >= 4 is 11.8 Å². The molecule has 6 heteroatoms. The highest BCUT2D eigenvalue weighted by Crippen LogP contribution is 2.02. The highest BCUT2D eigenvalue weighted by atomic mass is 15.3. The summed E-state index contributed by atoms with van der Waals surface area (Å²) in [5.41, 5.74) is 6.52. The summed E-state index contributed by atoms with van der Waals surface area (Å²) < 4.78 is 0. The number of nitrogens with zero attached hydrogens (tertiary/aromatic N) is 4. The van der Waals surface area contributed by atoms with Crippen molar-refractivity contribution in [3.8, 4) is 0 Å². The predicted molar refractivity (Wildman–Crippen MR) is 51.0 cm³/mol. The number of rotatable bonds is 2. The number of pyridine rings is 1. The van der Waals surface area contributed by atoms with Crippen molar-refractivity contribution in [2.24, 2.45) is 10.7 Å². The first-order valence-electron chi connectivity index (χ1n) is 3.96. The van der Waals surface area contributed by atoms with Gasteiger partial charge in [-0.25, -0.2) is 5.10 Å². The minimum Gasteiger partial charge on any atom is -0.383 e. The summed E-state index contributed by atoms with van der Waals surface area (Å²) in [5, 5.41) is 6.25. The molecule has 2 rings (SSSR count). The standard InChI is InChI=1S/C8H8N6/c9-7(6-1-3-10-4-2-6)13-8-11-5-12-14-8/h1-5H,(H3,9,11,12,13,14). The van der Waals surface area contributed by atoms with Gasteiger partial charge in [0.15, 0.2) is 0 Å². The largest absolute Gasteiger partial charge is 0.383 e. The van der Waals surface area contributed by atoms with Gasteiger partial charge in [-0.2, -0.15) is 15.1 Å². The van der Waals surface area contributed by atoms with E-state index in [1.165, 1.54) is 6.33 Å². The Labute approximate surface area is 79.9 Å². The normalized spacial score (nSPS) is 11.6. The van der Waals surface area contributed by atoms with Crippen molar-refractivity contribution in [2.75, 3.05) is 0 Å². The average Bonchev–Trinajstić information content (AvgIpc) is 2.72. The number of aromatic amines is 1. The fourth-order valence-corrected chi connectivity index (χ4v) is 0.954. The van der Waals surface area contributed by atoms with Crippen molar-refractivity contribution < 1.29 is 0 Å². The molecule has 14 heavy (non-hydrogen) atoms. The number of nitrogens with one attached hydrogen (secondary N) is 1. The highest BCUT2D eigenvalue weighted by molar-refractivity contribution is 5.98. The Kier molecular flexibility index (Phi) is 2.18. The monoisotopic (exact) mass is 188 g/mol. The van der Waals surface area contributed by atoms with E-state index < -0.39 is 0 Å². The van der Waals surface area contributed by atoms with E-state index in [1.54, 1.807) is 24.5 Å². The lowest BCUT2D eigenvalue weighted by Crippen LogP contribution is -2.12. The first-order chi connectivity index (χ1) is 6.86. The van der Waals surface area contributed by atoms with Gasteiger partial charge in [-0.1, -0.05) is 0 Å². The van der Waals surface area contributed by atoms with E-state index in [2.05, 4.69) is 25.2 Å². The third kappa shape index (κ3) is 1.74. The molecule has 2 aromatic rings. The van der Waals surface area contributed by atoms with E-state index in [-0.39, 0.29) is 0 Å². The minimum absolute atomic E-state index is 0.379. The molecule has 0 fully saturated rings. The lowest BCUT2D eigenvalue weighted by molar-refractivity contribution is 1.08. The van der Waals surface area contributed by atoms with E-state index in [4.69, 9.17) is 5.73 Å². The Balaban J connectivity index is 2.29. The van der Waals surface area contributed by atoms with E-state index in [9.17, 15) is 0 Å². The first-order valence-corrected chi connectivity index (χ1v) is 3.96. The van der Waals surface area contributed by atoms with Crippen molar-refractivity contribution in [2.45, 2.75) is 0 Å². The van der Waals surface area contributed by atoms with Gasteiger partial charge in [0, 0.05) is 18.0 Å². The fraction of sp³-hybridized carbons (Fsp3) is 0. The molecule has 0 radical (unpaired) electrons. The lowest BCUT2D eigenvalue weighted by atomic mass is 10.2. The maximum absolute atomic E-state index is 5.72. The molecule has 0 aliphatic carbocycles. The van der Waals surface area contributed by atoms with Crippen LogP contribution in [-0.2, 0) is 0 Å². The van der Waals surface area contributed by atoms with Crippen molar-refractivity contribution in [3.05, 3.63) is 36.4 Å². The topological polar surface area (TPSA) is 92.8 Å². The molecule has 70 valence electrons. The zero-order valence-corrected chi connectivity index (χ0v) is 7.25. The second kappa shape index (κ2) is 3.65. The molecule has 0 unspecified atom stereocenters. The van der Waals surface area contributed by atoms with Crippen LogP contribution in [0.4, 0.5) is 5.95 Å². The molecule has 0 saturated heterocycles. The molecule has 2 aromatic heterocycles. The van der Waals surface area contributed by atoms with Gasteiger partial charge in [0.2, 0.25) is 5.95 Å². The van der Waals surface area contributed by atoms with Gasteiger partial charge in [-0.05, 0) is 12.1 Å². The summed E-state index contributed by atoms with van der Waals surface area (Å²) in [6, 6.07) is 3.55. The summed E-state index contributed by atoms with van der Waals surface area (Å²) in [7, 11) is 0. The maximum atomic E-state index is 5.72. The zero-order valence-electron chi connectivity index (χ0n) is 7.25. The number of aliphatic imine (C=N–C) groups is 1. The van der Waals surface area contributed by atoms with Crippen LogP contribution >= 0.6 is 0 Å². The second-order valence-corrected chi connectivity index (χ2v) is 2.54. The number of aromatic nitrogens is 4. The van der Waals surface area contributed by atoms with E-state index in [0.717, 1.165) is 5.56 Å². The molecule has 0 aromatic carbocycles. The molecule has 0 aliphatic heterocycles. The molecule has 3 N–H and O–H groups in total. The van der Waals surface area contributed by atoms with E-state index in [0.29, 0.717) is 11.8 Å². The summed E-state index contributed by atoms with van der Waals surface area (Å²) in [4.78, 5) is 11.7. The van der Waals surface area contributed by atoms with Gasteiger partial charge >= 0.3 is 0 Å². The van der Waals surface area contributed by atoms with Crippen LogP contribution < -0.4 is 5.73 Å². The summed E-state index contributed by atoms with van der Waals surface area (Å²) >= 11 is 0. The quantitative estimate of drug-likeness (QED) is 0.521. The van der Waals surface area contributed by atoms with Crippen LogP contribution in [0.25, 0.3) is 0 Å². The van der Waals surface area contributed by atoms with Crippen LogP contribution in [0, 0.1) is 0 Å². The van der Waals surface area contributed by atoms with Crippen molar-refractivity contribution in [1.29, 1.82) is 0 Å². The molecule has 6 nitrogen and oxygen atoms in total. The van der Waals surface area contributed by atoms with Crippen LogP contribution in [-0.4, -0.2) is 26.0 Å². The van der Waals surface area contributed by atoms with Gasteiger partial charge in [0.1, 0.15) is 12.2 Å². The van der Waals surface area contributed by atoms with Crippen LogP contribution in [0.3, 0.4) is 0 Å². The molecule has 2 heterocycles. The average molecular weight is 188 g/mol. The van der Waals surface area contributed by atoms with Crippen LogP contribution in [0.2, 0.25) is 0 Å². The smallest absolute Gasteiger partial charge is 0.247 e. The molecule has 0 bridgehead atoms. The number of amidine groups is 1. The van der Waals surface area contributed by atoms with Gasteiger partial charge < -0.3 is 5.73 Å². The highest BCUT2D eigenvalue weighted by Gasteiger charge is 1.98. The third-order valence-corrected chi connectivity index (χ3v) is 1.60. The fourth-order valence-electron chi connectivity index (χ4n) is 0.954. The van der Waals surface area contributed by atoms with Gasteiger partial charge in [-0.3, -0.25) is 4.98 Å². The minimum atomic E-state index is 0.379. The molecule has 0 saturated carbocycles. The molecule has 0 aliphatic rings. The van der Waals surface area contributed by atoms with Gasteiger partial charge in [0.25, 0.3) is 0 Å². The Hall–Kier alpha value is -2.24. The molecular formula is C8H8N6. The number of nitrogens with two attached hydrogens (primary N) is 1. The number of hydrogen-bond donors (Lipinski definition) is 2. The van der Waals surface area contributed by atoms with Crippen LogP contribution in [0.5, 0.6) is 0 Å². The third-order valence-electron chi connectivity index (χ3n) is 1.60. The Morgan fingerprint density at radius 1 is 1.36 bits per heavy atom. The van der Waals surface area contributed by atoms with Crippen molar-refractivity contribution in [1.82, 2.24) is 20.2 Å². The Bertz CT molecular complexity index is 418. The zero-order chi connectivity index (χ0) is 9.80. The number of hydrogen-bond acceptors (Lipinski definition) is 4. The summed E-state index contributed by atoms with van der Waals surface area (Å²) in [6.45, 7) is 0. The molecule has 0 amide bonds. The van der Waals surface area contributed by atoms with Gasteiger partial charge in [0.05, 0.1) is 0 Å². The Morgan fingerprint density at radius 3 is 2.79 bits per heavy atom. The Morgan fingerprint density at radius 2 is 2.14 bits per heavy atom. The summed E-state index contributed by atoms with van der Waals surface area (Å²) in [5.74, 6) is 0.767. The second-order valence-electron chi connectivity index (χ2n) is 2.54. The van der Waals surface area contributed by atoms with E-state index in [1.807, 2.05) is 0 Å². The SMILES string of the molecule is N/C(=N\c1ncn[nH]1)c1ccncc1. The molecular weight excluding hydrogens is 180 g/mol. The van der Waals surface area contributed by atoms with Crippen LogP contribution in [0.1, 0.15) is 5.56 Å².